The van der Waals surface area contributed by atoms with E-state index in [1.165, 1.54) is 11.3 Å². The molecule has 0 N–H and O–H groups in total. The smallest absolute Gasteiger partial charge is 0.264 e. The Morgan fingerprint density at radius 1 is 1.10 bits per heavy atom. The fraction of sp³-hybridized carbons (Fsp3) is 0.409. The third-order valence-electron chi connectivity index (χ3n) is 5.89. The number of aromatic nitrogens is 2. The molecule has 0 radical (unpaired) electrons. The zero-order valence-corrected chi connectivity index (χ0v) is 17.8. The average molecular weight is 426 g/mol. The van der Waals surface area contributed by atoms with E-state index in [0.29, 0.717) is 56.2 Å². The molecule has 7 nitrogen and oxygen atoms in total. The Kier molecular flexibility index (Phi) is 4.73. The van der Waals surface area contributed by atoms with Crippen LogP contribution >= 0.6 is 11.3 Å². The van der Waals surface area contributed by atoms with E-state index >= 15 is 0 Å². The first-order valence-electron chi connectivity index (χ1n) is 10.2. The SMILES string of the molecule is Cc1nn(C)c2sc(C(=O)N3CCC(C(=O)c4ccc5c(c4)OCCO5)CC3)cc12. The second-order valence-corrected chi connectivity index (χ2v) is 8.86. The minimum atomic E-state index is -0.0783. The van der Waals surface area contributed by atoms with Gasteiger partial charge in [-0.25, -0.2) is 0 Å². The summed E-state index contributed by atoms with van der Waals surface area (Å²) in [6.45, 7) is 4.16. The fourth-order valence-electron chi connectivity index (χ4n) is 4.24. The quantitative estimate of drug-likeness (QED) is 0.601. The number of ether oxygens (including phenoxy) is 2. The first-order valence-corrected chi connectivity index (χ1v) is 11.0. The number of carbonyl (C=O) groups excluding carboxylic acids is 2. The van der Waals surface area contributed by atoms with Crippen LogP contribution in [-0.2, 0) is 7.05 Å². The Morgan fingerprint density at radius 2 is 1.83 bits per heavy atom. The Morgan fingerprint density at radius 3 is 2.57 bits per heavy atom. The van der Waals surface area contributed by atoms with Gasteiger partial charge in [0, 0.05) is 37.0 Å². The van der Waals surface area contributed by atoms with Crippen molar-refractivity contribution in [3.8, 4) is 11.5 Å². The summed E-state index contributed by atoms with van der Waals surface area (Å²) in [5.41, 5.74) is 1.59. The Hall–Kier alpha value is -2.87. The Bertz CT molecular complexity index is 1110. The fourth-order valence-corrected chi connectivity index (χ4v) is 5.33. The highest BCUT2D eigenvalue weighted by Gasteiger charge is 2.30. The van der Waals surface area contributed by atoms with E-state index in [1.54, 1.807) is 18.2 Å². The van der Waals surface area contributed by atoms with Gasteiger partial charge in [0.1, 0.15) is 18.0 Å². The summed E-state index contributed by atoms with van der Waals surface area (Å²) < 4.78 is 13.0. The minimum Gasteiger partial charge on any atom is -0.486 e. The number of carbonyl (C=O) groups is 2. The molecule has 156 valence electrons. The van der Waals surface area contributed by atoms with E-state index in [4.69, 9.17) is 9.47 Å². The molecule has 2 aliphatic rings. The van der Waals surface area contributed by atoms with E-state index in [0.717, 1.165) is 20.8 Å². The molecule has 0 unspecified atom stereocenters. The predicted octanol–water partition coefficient (Wildman–Crippen LogP) is 3.45. The van der Waals surface area contributed by atoms with Crippen LogP contribution in [0.25, 0.3) is 10.2 Å². The average Bonchev–Trinajstić information content (AvgIpc) is 3.33. The molecule has 1 amide bonds. The van der Waals surface area contributed by atoms with E-state index in [9.17, 15) is 9.59 Å². The van der Waals surface area contributed by atoms with Gasteiger partial charge in [-0.2, -0.15) is 5.10 Å². The third-order valence-corrected chi connectivity index (χ3v) is 7.08. The van der Waals surface area contributed by atoms with Crippen LogP contribution in [0.15, 0.2) is 24.3 Å². The van der Waals surface area contributed by atoms with Gasteiger partial charge in [0.15, 0.2) is 17.3 Å². The summed E-state index contributed by atoms with van der Waals surface area (Å²) in [4.78, 5) is 29.6. The number of thiophene rings is 1. The van der Waals surface area contributed by atoms with Crippen LogP contribution in [-0.4, -0.2) is 52.7 Å². The number of hydrogen-bond donors (Lipinski definition) is 0. The lowest BCUT2D eigenvalue weighted by molar-refractivity contribution is 0.0654. The van der Waals surface area contributed by atoms with Crippen molar-refractivity contribution in [1.29, 1.82) is 0 Å². The maximum Gasteiger partial charge on any atom is 0.264 e. The van der Waals surface area contributed by atoms with E-state index < -0.39 is 0 Å². The van der Waals surface area contributed by atoms with Crippen molar-refractivity contribution in [2.45, 2.75) is 19.8 Å². The second-order valence-electron chi connectivity index (χ2n) is 7.83. The summed E-state index contributed by atoms with van der Waals surface area (Å²) >= 11 is 1.48. The van der Waals surface area contributed by atoms with E-state index in [-0.39, 0.29) is 17.6 Å². The summed E-state index contributed by atoms with van der Waals surface area (Å²) in [6, 6.07) is 7.33. The van der Waals surface area contributed by atoms with E-state index in [2.05, 4.69) is 5.10 Å². The van der Waals surface area contributed by atoms with Gasteiger partial charge >= 0.3 is 0 Å². The van der Waals surface area contributed by atoms with Gasteiger partial charge in [-0.15, -0.1) is 11.3 Å². The van der Waals surface area contributed by atoms with Crippen molar-refractivity contribution in [3.05, 3.63) is 40.4 Å². The molecule has 1 aromatic carbocycles. The number of Topliss-reactive ketones (excluding diaryl/α,β-unsaturated/α-hetero) is 1. The number of ketones is 1. The zero-order chi connectivity index (χ0) is 20.8. The van der Waals surface area contributed by atoms with Crippen LogP contribution in [0.4, 0.5) is 0 Å². The lowest BCUT2D eigenvalue weighted by Gasteiger charge is -2.31. The van der Waals surface area contributed by atoms with Crippen molar-refractivity contribution in [2.75, 3.05) is 26.3 Å². The highest BCUT2D eigenvalue weighted by Crippen LogP contribution is 2.33. The minimum absolute atomic E-state index is 0.0424. The monoisotopic (exact) mass is 425 g/mol. The van der Waals surface area contributed by atoms with Crippen LogP contribution < -0.4 is 9.47 Å². The number of amides is 1. The molecule has 0 bridgehead atoms. The number of benzene rings is 1. The Balaban J connectivity index is 1.26. The van der Waals surface area contributed by atoms with Gasteiger partial charge < -0.3 is 14.4 Å². The van der Waals surface area contributed by atoms with Gasteiger partial charge in [0.25, 0.3) is 5.91 Å². The number of fused-ring (bicyclic) bond motifs is 2. The third kappa shape index (κ3) is 3.25. The van der Waals surface area contributed by atoms with Gasteiger partial charge in [0.05, 0.1) is 10.6 Å². The molecule has 1 saturated heterocycles. The molecule has 2 aromatic heterocycles. The number of nitrogens with zero attached hydrogens (tertiary/aromatic N) is 3. The molecule has 0 atom stereocenters. The largest absolute Gasteiger partial charge is 0.486 e. The summed E-state index contributed by atoms with van der Waals surface area (Å²) in [5.74, 6) is 1.40. The van der Waals surface area contributed by atoms with Crippen LogP contribution in [0.5, 0.6) is 11.5 Å². The predicted molar refractivity (Wildman–Crippen MR) is 114 cm³/mol. The van der Waals surface area contributed by atoms with Crippen molar-refractivity contribution in [1.82, 2.24) is 14.7 Å². The molecule has 3 aromatic rings. The van der Waals surface area contributed by atoms with Crippen molar-refractivity contribution < 1.29 is 19.1 Å². The van der Waals surface area contributed by atoms with E-state index in [1.807, 2.05) is 29.6 Å². The van der Waals surface area contributed by atoms with Crippen molar-refractivity contribution >= 4 is 33.2 Å². The molecule has 2 aliphatic heterocycles. The number of hydrogen-bond acceptors (Lipinski definition) is 6. The van der Waals surface area contributed by atoms with Crippen LogP contribution in [0.3, 0.4) is 0 Å². The molecule has 0 saturated carbocycles. The molecule has 0 spiro atoms. The highest BCUT2D eigenvalue weighted by atomic mass is 32.1. The molecule has 30 heavy (non-hydrogen) atoms. The normalized spacial score (nSPS) is 16.8. The number of rotatable bonds is 3. The lowest BCUT2D eigenvalue weighted by atomic mass is 9.88. The Labute approximate surface area is 178 Å². The maximum absolute atomic E-state index is 13.0. The van der Waals surface area contributed by atoms with Crippen molar-refractivity contribution in [2.24, 2.45) is 13.0 Å². The maximum atomic E-state index is 13.0. The second kappa shape index (κ2) is 7.43. The molecule has 5 rings (SSSR count). The number of likely N-dealkylation sites (tertiary alicyclic amines) is 1. The zero-order valence-electron chi connectivity index (χ0n) is 17.0. The highest BCUT2D eigenvalue weighted by molar-refractivity contribution is 7.20. The molecule has 1 fully saturated rings. The summed E-state index contributed by atoms with van der Waals surface area (Å²) in [5, 5.41) is 5.43. The molecule has 0 aliphatic carbocycles. The van der Waals surface area contributed by atoms with Crippen LogP contribution in [0.2, 0.25) is 0 Å². The molecular weight excluding hydrogens is 402 g/mol. The number of aryl methyl sites for hydroxylation is 2. The van der Waals surface area contributed by atoms with Crippen LogP contribution in [0.1, 0.15) is 38.6 Å². The molecule has 8 heteroatoms. The van der Waals surface area contributed by atoms with Gasteiger partial charge in [-0.05, 0) is 44.0 Å². The standard InChI is InChI=1S/C22H23N3O4S/c1-13-16-12-19(30-22(16)24(2)23-13)21(27)25-7-5-14(6-8-25)20(26)15-3-4-17-18(11-15)29-10-9-28-17/h3-4,11-12,14H,5-10H2,1-2H3. The first-order chi connectivity index (χ1) is 14.5. The molecule has 4 heterocycles. The van der Waals surface area contributed by atoms with Gasteiger partial charge in [-0.3, -0.25) is 14.3 Å². The topological polar surface area (TPSA) is 73.7 Å². The molecular formula is C22H23N3O4S. The van der Waals surface area contributed by atoms with Gasteiger partial charge in [-0.1, -0.05) is 0 Å². The number of piperidine rings is 1. The van der Waals surface area contributed by atoms with Crippen LogP contribution in [0, 0.1) is 12.8 Å². The van der Waals surface area contributed by atoms with Gasteiger partial charge in [0.2, 0.25) is 0 Å². The first kappa shape index (κ1) is 19.1. The lowest BCUT2D eigenvalue weighted by Crippen LogP contribution is -2.40. The summed E-state index contributed by atoms with van der Waals surface area (Å²) in [7, 11) is 1.90. The van der Waals surface area contributed by atoms with Crippen molar-refractivity contribution in [3.63, 3.8) is 0 Å². The summed E-state index contributed by atoms with van der Waals surface area (Å²) in [6.07, 6.45) is 1.34.